The van der Waals surface area contributed by atoms with Gasteiger partial charge in [0.25, 0.3) is 0 Å². The predicted octanol–water partition coefficient (Wildman–Crippen LogP) is 1.29. The van der Waals surface area contributed by atoms with Gasteiger partial charge < -0.3 is 15.7 Å². The molecule has 2 unspecified atom stereocenters. The van der Waals surface area contributed by atoms with Gasteiger partial charge in [-0.05, 0) is 12.8 Å². The van der Waals surface area contributed by atoms with Gasteiger partial charge in [0.2, 0.25) is 0 Å². The summed E-state index contributed by atoms with van der Waals surface area (Å²) in [6, 6.07) is -0.693. The maximum absolute atomic E-state index is 11.4. The molecule has 3 N–H and O–H groups in total. The van der Waals surface area contributed by atoms with Gasteiger partial charge in [0.15, 0.2) is 0 Å². The zero-order valence-corrected chi connectivity index (χ0v) is 9.59. The van der Waals surface area contributed by atoms with Crippen molar-refractivity contribution >= 4 is 23.6 Å². The van der Waals surface area contributed by atoms with Crippen LogP contribution in [0.1, 0.15) is 19.3 Å². The third-order valence-corrected chi connectivity index (χ3v) is 2.72. The fourth-order valence-corrected chi connectivity index (χ4v) is 1.89. The quantitative estimate of drug-likeness (QED) is 0.700. The first-order valence-electron chi connectivity index (χ1n) is 5.11. The summed E-state index contributed by atoms with van der Waals surface area (Å²) in [5.41, 5.74) is 0. The maximum atomic E-state index is 11.4. The monoisotopic (exact) mass is 246 g/mol. The van der Waals surface area contributed by atoms with E-state index in [9.17, 15) is 9.59 Å². The molecule has 0 heterocycles. The largest absolute Gasteiger partial charge is 0.481 e. The topological polar surface area (TPSA) is 78.4 Å². The normalized spacial score (nSPS) is 23.8. The lowest BCUT2D eigenvalue weighted by molar-refractivity contribution is -0.142. The fraction of sp³-hybridized carbons (Fsp3) is 0.600. The second kappa shape index (κ2) is 5.75. The molecular formula is C10H15ClN2O3. The van der Waals surface area contributed by atoms with Crippen molar-refractivity contribution in [1.82, 2.24) is 10.6 Å². The Hall–Kier alpha value is -1.23. The third-order valence-electron chi connectivity index (χ3n) is 2.59. The Labute approximate surface area is 98.8 Å². The number of carbonyl (C=O) groups excluding carboxylic acids is 1. The van der Waals surface area contributed by atoms with Crippen molar-refractivity contribution in [3.8, 4) is 0 Å². The van der Waals surface area contributed by atoms with Gasteiger partial charge in [-0.3, -0.25) is 4.79 Å². The van der Waals surface area contributed by atoms with Crippen LogP contribution in [0.3, 0.4) is 0 Å². The molecule has 1 aliphatic carbocycles. The molecular weight excluding hydrogens is 232 g/mol. The van der Waals surface area contributed by atoms with E-state index in [2.05, 4.69) is 17.2 Å². The molecule has 5 nitrogen and oxygen atoms in total. The van der Waals surface area contributed by atoms with Gasteiger partial charge in [0.05, 0.1) is 12.5 Å². The summed E-state index contributed by atoms with van der Waals surface area (Å²) in [5.74, 6) is -1.34. The highest BCUT2D eigenvalue weighted by Gasteiger charge is 2.33. The molecule has 1 rings (SSSR count). The molecule has 2 amide bonds. The van der Waals surface area contributed by atoms with Crippen LogP contribution in [0.25, 0.3) is 0 Å². The Balaban J connectivity index is 2.38. The molecule has 6 heteroatoms. The standard InChI is InChI=1S/C10H15ClN2O3/c1-6(11)5-12-10(16)13-8-4-2-3-7(8)9(14)15/h7-8H,1-5H2,(H,14,15)(H2,12,13,16). The number of urea groups is 1. The summed E-state index contributed by atoms with van der Waals surface area (Å²) in [4.78, 5) is 22.2. The second-order valence-electron chi connectivity index (χ2n) is 3.83. The van der Waals surface area contributed by atoms with E-state index in [0.717, 1.165) is 6.42 Å². The molecule has 1 saturated carbocycles. The first-order valence-corrected chi connectivity index (χ1v) is 5.49. The van der Waals surface area contributed by atoms with E-state index >= 15 is 0 Å². The van der Waals surface area contributed by atoms with Crippen LogP contribution < -0.4 is 10.6 Å². The van der Waals surface area contributed by atoms with Crippen LogP contribution in [-0.4, -0.2) is 29.7 Å². The van der Waals surface area contributed by atoms with Crippen molar-refractivity contribution in [3.05, 3.63) is 11.6 Å². The van der Waals surface area contributed by atoms with Gasteiger partial charge in [0.1, 0.15) is 0 Å². The second-order valence-corrected chi connectivity index (χ2v) is 4.36. The van der Waals surface area contributed by atoms with Gasteiger partial charge in [-0.15, -0.1) is 0 Å². The summed E-state index contributed by atoms with van der Waals surface area (Å²) >= 11 is 5.49. The van der Waals surface area contributed by atoms with Gasteiger partial charge in [0, 0.05) is 11.1 Å². The Bertz CT molecular complexity index is 306. The summed E-state index contributed by atoms with van der Waals surface area (Å²) in [7, 11) is 0. The highest BCUT2D eigenvalue weighted by molar-refractivity contribution is 6.29. The maximum Gasteiger partial charge on any atom is 0.315 e. The van der Waals surface area contributed by atoms with Gasteiger partial charge >= 0.3 is 12.0 Å². The number of amides is 2. The number of aliphatic carboxylic acids is 1. The predicted molar refractivity (Wildman–Crippen MR) is 60.3 cm³/mol. The number of carboxylic acids is 1. The van der Waals surface area contributed by atoms with Crippen LogP contribution in [0.4, 0.5) is 4.79 Å². The highest BCUT2D eigenvalue weighted by Crippen LogP contribution is 2.25. The molecule has 2 atom stereocenters. The van der Waals surface area contributed by atoms with E-state index < -0.39 is 17.9 Å². The van der Waals surface area contributed by atoms with E-state index in [-0.39, 0.29) is 12.6 Å². The fourth-order valence-electron chi connectivity index (χ4n) is 1.82. The van der Waals surface area contributed by atoms with Crippen molar-refractivity contribution in [1.29, 1.82) is 0 Å². The lowest BCUT2D eigenvalue weighted by Crippen LogP contribution is -2.45. The van der Waals surface area contributed by atoms with E-state index in [4.69, 9.17) is 16.7 Å². The summed E-state index contributed by atoms with van der Waals surface area (Å²) < 4.78 is 0. The molecule has 1 aliphatic rings. The van der Waals surface area contributed by atoms with Crippen molar-refractivity contribution in [2.75, 3.05) is 6.54 Å². The number of carbonyl (C=O) groups is 2. The van der Waals surface area contributed by atoms with Crippen molar-refractivity contribution in [2.45, 2.75) is 25.3 Å². The molecule has 0 spiro atoms. The Kier molecular flexibility index (Phi) is 4.61. The van der Waals surface area contributed by atoms with Gasteiger partial charge in [-0.25, -0.2) is 4.79 Å². The van der Waals surface area contributed by atoms with E-state index in [0.29, 0.717) is 17.9 Å². The Morgan fingerprint density at radius 1 is 1.44 bits per heavy atom. The summed E-state index contributed by atoms with van der Waals surface area (Å²) in [6.07, 6.45) is 2.14. The lowest BCUT2D eigenvalue weighted by Gasteiger charge is -2.17. The number of hydrogen-bond donors (Lipinski definition) is 3. The molecule has 0 bridgehead atoms. The van der Waals surface area contributed by atoms with Crippen LogP contribution in [0.15, 0.2) is 11.6 Å². The molecule has 0 aromatic heterocycles. The number of nitrogens with one attached hydrogen (secondary N) is 2. The molecule has 90 valence electrons. The van der Waals surface area contributed by atoms with Crippen molar-refractivity contribution in [3.63, 3.8) is 0 Å². The SMILES string of the molecule is C=C(Cl)CNC(=O)NC1CCCC1C(=O)O. The average Bonchev–Trinajstić information content (AvgIpc) is 2.62. The minimum atomic E-state index is -0.857. The highest BCUT2D eigenvalue weighted by atomic mass is 35.5. The van der Waals surface area contributed by atoms with Crippen LogP contribution in [0, 0.1) is 5.92 Å². The lowest BCUT2D eigenvalue weighted by atomic mass is 10.0. The zero-order valence-electron chi connectivity index (χ0n) is 8.83. The van der Waals surface area contributed by atoms with Crippen LogP contribution in [-0.2, 0) is 4.79 Å². The van der Waals surface area contributed by atoms with E-state index in [1.807, 2.05) is 0 Å². The molecule has 0 radical (unpaired) electrons. The Morgan fingerprint density at radius 3 is 2.69 bits per heavy atom. The molecule has 0 aromatic carbocycles. The average molecular weight is 247 g/mol. The minimum absolute atomic E-state index is 0.178. The molecule has 1 fully saturated rings. The van der Waals surface area contributed by atoms with Gasteiger partial charge in [-0.2, -0.15) is 0 Å². The number of rotatable bonds is 4. The molecule has 0 aromatic rings. The molecule has 0 aliphatic heterocycles. The minimum Gasteiger partial charge on any atom is -0.481 e. The van der Waals surface area contributed by atoms with Gasteiger partial charge in [-0.1, -0.05) is 24.6 Å². The molecule has 16 heavy (non-hydrogen) atoms. The number of carboxylic acid groups (broad SMARTS) is 1. The van der Waals surface area contributed by atoms with Crippen LogP contribution >= 0.6 is 11.6 Å². The molecule has 0 saturated heterocycles. The smallest absolute Gasteiger partial charge is 0.315 e. The van der Waals surface area contributed by atoms with E-state index in [1.54, 1.807) is 0 Å². The van der Waals surface area contributed by atoms with E-state index in [1.165, 1.54) is 0 Å². The first kappa shape index (κ1) is 12.8. The number of halogens is 1. The third kappa shape index (κ3) is 3.73. The summed E-state index contributed by atoms with van der Waals surface area (Å²) in [5, 5.41) is 14.4. The van der Waals surface area contributed by atoms with Crippen molar-refractivity contribution < 1.29 is 14.7 Å². The zero-order chi connectivity index (χ0) is 12.1. The van der Waals surface area contributed by atoms with Crippen LogP contribution in [0.2, 0.25) is 0 Å². The summed E-state index contributed by atoms with van der Waals surface area (Å²) in [6.45, 7) is 3.61. The first-order chi connectivity index (χ1) is 7.50. The van der Waals surface area contributed by atoms with Crippen LogP contribution in [0.5, 0.6) is 0 Å². The Morgan fingerprint density at radius 2 is 2.12 bits per heavy atom. The number of hydrogen-bond acceptors (Lipinski definition) is 2. The van der Waals surface area contributed by atoms with Crippen molar-refractivity contribution in [2.24, 2.45) is 5.92 Å².